The number of carbonyl (C=O) groups excluding carboxylic acids is 1. The quantitative estimate of drug-likeness (QED) is 0.651. The molecule has 0 bridgehead atoms. The maximum atomic E-state index is 11.4. The lowest BCUT2D eigenvalue weighted by molar-refractivity contribution is -0.121. The molecule has 1 amide bonds. The molecule has 3 N–H and O–H groups in total. The molecule has 0 radical (unpaired) electrons. The van der Waals surface area contributed by atoms with Gasteiger partial charge in [0, 0.05) is 12.2 Å². The van der Waals surface area contributed by atoms with Crippen LogP contribution < -0.4 is 11.1 Å². The average molecular weight is 238 g/mol. The van der Waals surface area contributed by atoms with E-state index in [9.17, 15) is 4.79 Å². The van der Waals surface area contributed by atoms with Gasteiger partial charge in [-0.05, 0) is 12.1 Å². The molecule has 0 atom stereocenters. The molecule has 0 unspecified atom stereocenters. The van der Waals surface area contributed by atoms with Crippen molar-refractivity contribution in [1.82, 2.24) is 0 Å². The maximum absolute atomic E-state index is 11.4. The molecule has 94 valence electrons. The molecule has 0 fully saturated rings. The van der Waals surface area contributed by atoms with Gasteiger partial charge in [-0.2, -0.15) is 0 Å². The SMILES string of the molecule is NCCOCCOCC(=O)Nc1ccccc1. The van der Waals surface area contributed by atoms with E-state index in [2.05, 4.69) is 5.32 Å². The Morgan fingerprint density at radius 1 is 1.12 bits per heavy atom. The topological polar surface area (TPSA) is 73.6 Å². The molecule has 0 saturated carbocycles. The smallest absolute Gasteiger partial charge is 0.250 e. The number of para-hydroxylation sites is 1. The Hall–Kier alpha value is -1.43. The van der Waals surface area contributed by atoms with E-state index in [0.717, 1.165) is 5.69 Å². The average Bonchev–Trinajstić information content (AvgIpc) is 2.35. The molecule has 0 aromatic heterocycles. The third-order valence-electron chi connectivity index (χ3n) is 1.92. The maximum Gasteiger partial charge on any atom is 0.250 e. The number of hydrogen-bond donors (Lipinski definition) is 2. The van der Waals surface area contributed by atoms with Gasteiger partial charge in [-0.1, -0.05) is 18.2 Å². The Labute approximate surface area is 101 Å². The molecular weight excluding hydrogens is 220 g/mol. The van der Waals surface area contributed by atoms with Crippen molar-refractivity contribution in [3.05, 3.63) is 30.3 Å². The normalized spacial score (nSPS) is 10.2. The highest BCUT2D eigenvalue weighted by molar-refractivity contribution is 5.91. The summed E-state index contributed by atoms with van der Waals surface area (Å²) in [5, 5.41) is 2.72. The lowest BCUT2D eigenvalue weighted by Gasteiger charge is -2.06. The molecule has 0 spiro atoms. The zero-order valence-corrected chi connectivity index (χ0v) is 9.72. The number of hydrogen-bond acceptors (Lipinski definition) is 4. The highest BCUT2D eigenvalue weighted by Gasteiger charge is 2.01. The standard InChI is InChI=1S/C12H18N2O3/c13-6-7-16-8-9-17-10-12(15)14-11-4-2-1-3-5-11/h1-5H,6-10,13H2,(H,14,15). The van der Waals surface area contributed by atoms with Crippen LogP contribution in [0.1, 0.15) is 0 Å². The van der Waals surface area contributed by atoms with Crippen LogP contribution in [0.5, 0.6) is 0 Å². The monoisotopic (exact) mass is 238 g/mol. The molecule has 1 aromatic carbocycles. The first-order valence-electron chi connectivity index (χ1n) is 5.53. The van der Waals surface area contributed by atoms with Gasteiger partial charge in [-0.25, -0.2) is 0 Å². The number of anilines is 1. The summed E-state index contributed by atoms with van der Waals surface area (Å²) in [6.07, 6.45) is 0. The van der Waals surface area contributed by atoms with Crippen LogP contribution in [0.25, 0.3) is 0 Å². The summed E-state index contributed by atoms with van der Waals surface area (Å²) in [5.41, 5.74) is 6.01. The lowest BCUT2D eigenvalue weighted by atomic mass is 10.3. The van der Waals surface area contributed by atoms with Crippen molar-refractivity contribution in [3.63, 3.8) is 0 Å². The second kappa shape index (κ2) is 8.69. The molecule has 5 heteroatoms. The van der Waals surface area contributed by atoms with Crippen LogP contribution in [0.4, 0.5) is 5.69 Å². The second-order valence-corrected chi connectivity index (χ2v) is 3.37. The number of ether oxygens (including phenoxy) is 2. The first-order valence-corrected chi connectivity index (χ1v) is 5.53. The van der Waals surface area contributed by atoms with E-state index in [1.807, 2.05) is 30.3 Å². The van der Waals surface area contributed by atoms with Crippen molar-refractivity contribution < 1.29 is 14.3 Å². The van der Waals surface area contributed by atoms with Gasteiger partial charge < -0.3 is 20.5 Å². The van der Waals surface area contributed by atoms with Crippen LogP contribution in [-0.4, -0.2) is 38.9 Å². The van der Waals surface area contributed by atoms with E-state index in [0.29, 0.717) is 26.4 Å². The van der Waals surface area contributed by atoms with Crippen molar-refractivity contribution in [3.8, 4) is 0 Å². The summed E-state index contributed by atoms with van der Waals surface area (Å²) in [6, 6.07) is 9.25. The van der Waals surface area contributed by atoms with Crippen molar-refractivity contribution in [2.75, 3.05) is 38.3 Å². The van der Waals surface area contributed by atoms with Crippen LogP contribution in [-0.2, 0) is 14.3 Å². The summed E-state index contributed by atoms with van der Waals surface area (Å²) in [6.45, 7) is 1.88. The minimum Gasteiger partial charge on any atom is -0.378 e. The number of amides is 1. The van der Waals surface area contributed by atoms with Gasteiger partial charge in [0.1, 0.15) is 6.61 Å². The zero-order chi connectivity index (χ0) is 12.3. The van der Waals surface area contributed by atoms with E-state index in [-0.39, 0.29) is 12.5 Å². The minimum atomic E-state index is -0.171. The van der Waals surface area contributed by atoms with Gasteiger partial charge in [-0.15, -0.1) is 0 Å². The van der Waals surface area contributed by atoms with E-state index < -0.39 is 0 Å². The number of nitrogens with one attached hydrogen (secondary N) is 1. The van der Waals surface area contributed by atoms with Gasteiger partial charge in [0.15, 0.2) is 0 Å². The Morgan fingerprint density at radius 2 is 1.82 bits per heavy atom. The van der Waals surface area contributed by atoms with Crippen molar-refractivity contribution in [1.29, 1.82) is 0 Å². The van der Waals surface area contributed by atoms with Crippen molar-refractivity contribution in [2.45, 2.75) is 0 Å². The minimum absolute atomic E-state index is 0.0287. The Balaban J connectivity index is 2.06. The van der Waals surface area contributed by atoms with Crippen LogP contribution in [0, 0.1) is 0 Å². The molecular formula is C12H18N2O3. The van der Waals surface area contributed by atoms with Crippen molar-refractivity contribution in [2.24, 2.45) is 5.73 Å². The predicted octanol–water partition coefficient (Wildman–Crippen LogP) is 0.617. The number of nitrogens with two attached hydrogens (primary N) is 1. The van der Waals surface area contributed by atoms with E-state index in [1.54, 1.807) is 0 Å². The molecule has 17 heavy (non-hydrogen) atoms. The third kappa shape index (κ3) is 6.68. The Morgan fingerprint density at radius 3 is 2.53 bits per heavy atom. The molecule has 5 nitrogen and oxygen atoms in total. The van der Waals surface area contributed by atoms with E-state index >= 15 is 0 Å². The molecule has 1 rings (SSSR count). The lowest BCUT2D eigenvalue weighted by Crippen LogP contribution is -2.20. The van der Waals surface area contributed by atoms with Crippen LogP contribution in [0.2, 0.25) is 0 Å². The number of carbonyl (C=O) groups is 1. The summed E-state index contributed by atoms with van der Waals surface area (Å²) >= 11 is 0. The highest BCUT2D eigenvalue weighted by Crippen LogP contribution is 2.04. The highest BCUT2D eigenvalue weighted by atomic mass is 16.5. The molecule has 0 aliphatic heterocycles. The van der Waals surface area contributed by atoms with E-state index in [4.69, 9.17) is 15.2 Å². The summed E-state index contributed by atoms with van der Waals surface area (Å²) in [4.78, 5) is 11.4. The fraction of sp³-hybridized carbons (Fsp3) is 0.417. The molecule has 0 heterocycles. The van der Waals surface area contributed by atoms with Gasteiger partial charge in [0.05, 0.1) is 19.8 Å². The van der Waals surface area contributed by atoms with E-state index in [1.165, 1.54) is 0 Å². The fourth-order valence-corrected chi connectivity index (χ4v) is 1.19. The first kappa shape index (κ1) is 13.6. The molecule has 0 saturated heterocycles. The second-order valence-electron chi connectivity index (χ2n) is 3.37. The van der Waals surface area contributed by atoms with Gasteiger partial charge in [0.2, 0.25) is 5.91 Å². The van der Waals surface area contributed by atoms with Crippen LogP contribution in [0.15, 0.2) is 30.3 Å². The summed E-state index contributed by atoms with van der Waals surface area (Å²) in [7, 11) is 0. The zero-order valence-electron chi connectivity index (χ0n) is 9.72. The van der Waals surface area contributed by atoms with Gasteiger partial charge in [0.25, 0.3) is 0 Å². The molecule has 0 aliphatic carbocycles. The summed E-state index contributed by atoms with van der Waals surface area (Å²) < 4.78 is 10.2. The van der Waals surface area contributed by atoms with Gasteiger partial charge >= 0.3 is 0 Å². The van der Waals surface area contributed by atoms with Crippen LogP contribution >= 0.6 is 0 Å². The number of rotatable bonds is 8. The molecule has 1 aromatic rings. The largest absolute Gasteiger partial charge is 0.378 e. The third-order valence-corrected chi connectivity index (χ3v) is 1.92. The van der Waals surface area contributed by atoms with Crippen LogP contribution in [0.3, 0.4) is 0 Å². The van der Waals surface area contributed by atoms with Crippen molar-refractivity contribution >= 4 is 11.6 Å². The van der Waals surface area contributed by atoms with Gasteiger partial charge in [-0.3, -0.25) is 4.79 Å². The number of benzene rings is 1. The Bertz CT molecular complexity index is 317. The first-order chi connectivity index (χ1) is 8.33. The molecule has 0 aliphatic rings. The predicted molar refractivity (Wildman–Crippen MR) is 65.8 cm³/mol. The Kier molecular flexibility index (Phi) is 6.97. The summed E-state index contributed by atoms with van der Waals surface area (Å²) in [5.74, 6) is -0.171. The fourth-order valence-electron chi connectivity index (χ4n) is 1.19.